The molecule has 1 aliphatic heterocycles. The molecule has 1 saturated carbocycles. The van der Waals surface area contributed by atoms with E-state index in [1.165, 1.54) is 6.33 Å². The van der Waals surface area contributed by atoms with Gasteiger partial charge in [-0.15, -0.1) is 0 Å². The van der Waals surface area contributed by atoms with Crippen LogP contribution in [0.25, 0.3) is 22.3 Å². The van der Waals surface area contributed by atoms with E-state index >= 15 is 0 Å². The van der Waals surface area contributed by atoms with Crippen LogP contribution in [0, 0.1) is 0 Å². The van der Waals surface area contributed by atoms with Crippen molar-refractivity contribution >= 4 is 32.2 Å². The molecule has 5 rings (SSSR count). The van der Waals surface area contributed by atoms with Crippen LogP contribution in [-0.2, 0) is 15.9 Å². The number of hydrogen-bond acceptors (Lipinski definition) is 6. The molecule has 1 fully saturated rings. The van der Waals surface area contributed by atoms with Crippen molar-refractivity contribution in [3.63, 3.8) is 0 Å². The first-order chi connectivity index (χ1) is 12.4. The van der Waals surface area contributed by atoms with Crippen molar-refractivity contribution in [1.82, 2.24) is 19.7 Å². The van der Waals surface area contributed by atoms with E-state index in [-0.39, 0.29) is 6.04 Å². The average Bonchev–Trinajstić information content (AvgIpc) is 3.24. The van der Waals surface area contributed by atoms with E-state index in [1.807, 2.05) is 0 Å². The summed E-state index contributed by atoms with van der Waals surface area (Å²) in [5.74, 6) is 5.99. The molecule has 1 unspecified atom stereocenters. The number of hydrogen-bond donors (Lipinski definition) is 1. The molecule has 4 heterocycles. The van der Waals surface area contributed by atoms with E-state index < -0.39 is 9.52 Å². The largest absolute Gasteiger partial charge is 0.383 e. The topological polar surface area (TPSA) is 99.8 Å². The van der Waals surface area contributed by atoms with Gasteiger partial charge in [0.25, 0.3) is 0 Å². The van der Waals surface area contributed by atoms with E-state index in [9.17, 15) is 4.21 Å². The Morgan fingerprint density at radius 1 is 1.38 bits per heavy atom. The molecule has 2 aliphatic rings. The zero-order valence-corrected chi connectivity index (χ0v) is 15.7. The summed E-state index contributed by atoms with van der Waals surface area (Å²) >= 11 is 0. The average molecular weight is 371 g/mol. The molecular formula is C18H21N5O2S. The second-order valence-electron chi connectivity index (χ2n) is 7.51. The van der Waals surface area contributed by atoms with Crippen LogP contribution in [-0.4, -0.2) is 35.5 Å². The molecule has 0 saturated heterocycles. The third-order valence-corrected chi connectivity index (χ3v) is 7.33. The maximum atomic E-state index is 13.4. The summed E-state index contributed by atoms with van der Waals surface area (Å²) in [6.07, 6.45) is 4.21. The van der Waals surface area contributed by atoms with Crippen LogP contribution in [0.2, 0.25) is 0 Å². The summed E-state index contributed by atoms with van der Waals surface area (Å²) in [7, 11) is -2.48. The van der Waals surface area contributed by atoms with E-state index in [4.69, 9.17) is 10.3 Å². The van der Waals surface area contributed by atoms with Crippen molar-refractivity contribution in [2.24, 2.45) is 0 Å². The Hall–Kier alpha value is -2.35. The predicted molar refractivity (Wildman–Crippen MR) is 102 cm³/mol. The van der Waals surface area contributed by atoms with Crippen LogP contribution >= 0.6 is 0 Å². The van der Waals surface area contributed by atoms with Gasteiger partial charge in [-0.05, 0) is 39.0 Å². The molecular weight excluding hydrogens is 350 g/mol. The molecule has 26 heavy (non-hydrogen) atoms. The minimum atomic E-state index is -2.48. The summed E-state index contributed by atoms with van der Waals surface area (Å²) in [5, 5.41) is 5.13. The molecule has 0 bridgehead atoms. The van der Waals surface area contributed by atoms with Gasteiger partial charge < -0.3 is 14.8 Å². The van der Waals surface area contributed by atoms with Crippen molar-refractivity contribution in [1.29, 1.82) is 0 Å². The summed E-state index contributed by atoms with van der Waals surface area (Å²) in [5.41, 5.74) is 9.55. The lowest BCUT2D eigenvalue weighted by atomic mass is 10.1. The van der Waals surface area contributed by atoms with Gasteiger partial charge in [0.2, 0.25) is 0 Å². The smallest absolute Gasteiger partial charge is 0.155 e. The SMILES string of the molecule is C=S1(=O)CCc2c(c3c(N)ncnc3n2C(C)C)-c2noc(C3CC3)c21. The fourth-order valence-electron chi connectivity index (χ4n) is 4.04. The molecule has 7 nitrogen and oxygen atoms in total. The minimum Gasteiger partial charge on any atom is -0.383 e. The van der Waals surface area contributed by atoms with Crippen LogP contribution < -0.4 is 5.73 Å². The normalized spacial score (nSPS) is 22.4. The summed E-state index contributed by atoms with van der Waals surface area (Å²) in [4.78, 5) is 9.36. The Bertz CT molecular complexity index is 1150. The monoisotopic (exact) mass is 371 g/mol. The first-order valence-corrected chi connectivity index (χ1v) is 10.8. The molecule has 0 spiro atoms. The molecule has 1 atom stereocenters. The van der Waals surface area contributed by atoms with E-state index in [0.717, 1.165) is 40.9 Å². The molecule has 1 aliphatic carbocycles. The fourth-order valence-corrected chi connectivity index (χ4v) is 5.83. The maximum Gasteiger partial charge on any atom is 0.155 e. The number of anilines is 1. The zero-order chi connectivity index (χ0) is 18.2. The van der Waals surface area contributed by atoms with Crippen molar-refractivity contribution in [3.8, 4) is 11.3 Å². The van der Waals surface area contributed by atoms with Crippen molar-refractivity contribution in [3.05, 3.63) is 17.8 Å². The first-order valence-electron chi connectivity index (χ1n) is 8.88. The number of nitrogens with zero attached hydrogens (tertiary/aromatic N) is 4. The van der Waals surface area contributed by atoms with Gasteiger partial charge in [-0.1, -0.05) is 5.16 Å². The van der Waals surface area contributed by atoms with Crippen molar-refractivity contribution in [2.45, 2.75) is 50.0 Å². The van der Waals surface area contributed by atoms with Gasteiger partial charge in [0.05, 0.1) is 5.39 Å². The molecule has 2 N–H and O–H groups in total. The highest BCUT2D eigenvalue weighted by atomic mass is 32.2. The van der Waals surface area contributed by atoms with Crippen LogP contribution in [0.4, 0.5) is 5.82 Å². The van der Waals surface area contributed by atoms with Crippen LogP contribution in [0.5, 0.6) is 0 Å². The summed E-state index contributed by atoms with van der Waals surface area (Å²) in [6.45, 7) is 4.20. The summed E-state index contributed by atoms with van der Waals surface area (Å²) < 4.78 is 21.3. The third kappa shape index (κ3) is 2.02. The number of aromatic nitrogens is 4. The lowest BCUT2D eigenvalue weighted by Gasteiger charge is -2.14. The number of fused-ring (bicyclic) bond motifs is 5. The Morgan fingerprint density at radius 3 is 2.85 bits per heavy atom. The van der Waals surface area contributed by atoms with E-state index in [1.54, 1.807) is 0 Å². The predicted octanol–water partition coefficient (Wildman–Crippen LogP) is 2.76. The minimum absolute atomic E-state index is 0.174. The fraction of sp³-hybridized carbons (Fsp3) is 0.444. The molecule has 3 aromatic rings. The van der Waals surface area contributed by atoms with Gasteiger partial charge in [0.1, 0.15) is 28.4 Å². The first kappa shape index (κ1) is 15.9. The highest BCUT2D eigenvalue weighted by Crippen LogP contribution is 2.49. The van der Waals surface area contributed by atoms with Crippen molar-refractivity contribution < 1.29 is 8.73 Å². The molecule has 0 aromatic carbocycles. The van der Waals surface area contributed by atoms with Gasteiger partial charge in [0.15, 0.2) is 5.76 Å². The number of nitrogen functional groups attached to an aromatic ring is 1. The summed E-state index contributed by atoms with van der Waals surface area (Å²) in [6, 6.07) is 0.174. The molecule has 0 amide bonds. The highest BCUT2D eigenvalue weighted by molar-refractivity contribution is 8.00. The quantitative estimate of drug-likeness (QED) is 0.695. The molecule has 8 heteroatoms. The second kappa shape index (κ2) is 5.09. The van der Waals surface area contributed by atoms with Crippen LogP contribution in [0.15, 0.2) is 15.7 Å². The maximum absolute atomic E-state index is 13.4. The highest BCUT2D eigenvalue weighted by Gasteiger charge is 2.39. The Kier molecular flexibility index (Phi) is 3.11. The molecule has 3 aromatic heterocycles. The lowest BCUT2D eigenvalue weighted by Crippen LogP contribution is -2.12. The van der Waals surface area contributed by atoms with Gasteiger partial charge in [0, 0.05) is 38.5 Å². The Morgan fingerprint density at radius 2 is 2.15 bits per heavy atom. The van der Waals surface area contributed by atoms with Gasteiger partial charge in [-0.3, -0.25) is 4.21 Å². The Balaban J connectivity index is 1.95. The molecule has 136 valence electrons. The molecule has 0 radical (unpaired) electrons. The van der Waals surface area contributed by atoms with Gasteiger partial charge >= 0.3 is 0 Å². The second-order valence-corrected chi connectivity index (χ2v) is 9.95. The standard InChI is InChI=1S/C18H21N5O2S/c1-9(2)23-11-6-7-26(3,24)16-14(22-25-15(16)10-4-5-10)12(11)13-17(19)20-8-21-18(13)23/h8-10H,3-7H2,1-2H3,(H2,19,20,21). The zero-order valence-electron chi connectivity index (χ0n) is 14.9. The Labute approximate surface area is 151 Å². The van der Waals surface area contributed by atoms with E-state index in [0.29, 0.717) is 34.5 Å². The lowest BCUT2D eigenvalue weighted by molar-refractivity contribution is 0.382. The van der Waals surface area contributed by atoms with Crippen LogP contribution in [0.3, 0.4) is 0 Å². The van der Waals surface area contributed by atoms with Gasteiger partial charge in [-0.25, -0.2) is 9.97 Å². The van der Waals surface area contributed by atoms with Crippen molar-refractivity contribution in [2.75, 3.05) is 11.5 Å². The van der Waals surface area contributed by atoms with Gasteiger partial charge in [-0.2, -0.15) is 0 Å². The third-order valence-electron chi connectivity index (χ3n) is 5.33. The van der Waals surface area contributed by atoms with E-state index in [2.05, 4.69) is 39.4 Å². The number of nitrogens with two attached hydrogens (primary N) is 1. The number of rotatable bonds is 2. The van der Waals surface area contributed by atoms with Crippen LogP contribution in [0.1, 0.15) is 50.1 Å².